The van der Waals surface area contributed by atoms with E-state index < -0.39 is 0 Å². The van der Waals surface area contributed by atoms with E-state index in [0.717, 1.165) is 38.8 Å². The summed E-state index contributed by atoms with van der Waals surface area (Å²) >= 11 is 0. The summed E-state index contributed by atoms with van der Waals surface area (Å²) in [6.07, 6.45) is 3.67. The predicted octanol–water partition coefficient (Wildman–Crippen LogP) is 1.47. The Morgan fingerprint density at radius 3 is 2.38 bits per heavy atom. The van der Waals surface area contributed by atoms with Crippen molar-refractivity contribution in [2.24, 2.45) is 0 Å². The third-order valence-corrected chi connectivity index (χ3v) is 3.94. The molecular formula is C14H26N6O. The van der Waals surface area contributed by atoms with Crippen LogP contribution in [0.5, 0.6) is 0 Å². The van der Waals surface area contributed by atoms with Gasteiger partial charge in [-0.15, -0.1) is 0 Å². The van der Waals surface area contributed by atoms with Crippen molar-refractivity contribution in [3.05, 3.63) is 0 Å². The lowest BCUT2D eigenvalue weighted by Gasteiger charge is -2.28. The number of aliphatic hydroxyl groups excluding tert-OH is 1. The van der Waals surface area contributed by atoms with E-state index in [-0.39, 0.29) is 12.1 Å². The number of rotatable bonds is 6. The van der Waals surface area contributed by atoms with Gasteiger partial charge in [0, 0.05) is 20.1 Å². The molecule has 2 rings (SSSR count). The molecule has 1 aromatic heterocycles. The molecule has 0 bridgehead atoms. The second-order valence-electron chi connectivity index (χ2n) is 5.31. The molecule has 1 aliphatic carbocycles. The quantitative estimate of drug-likeness (QED) is 0.732. The van der Waals surface area contributed by atoms with Crippen LogP contribution in [-0.2, 0) is 0 Å². The van der Waals surface area contributed by atoms with E-state index in [1.807, 2.05) is 0 Å². The van der Waals surface area contributed by atoms with Crippen molar-refractivity contribution >= 4 is 17.8 Å². The minimum Gasteiger partial charge on any atom is -0.391 e. The van der Waals surface area contributed by atoms with Gasteiger partial charge in [-0.3, -0.25) is 0 Å². The summed E-state index contributed by atoms with van der Waals surface area (Å²) < 4.78 is 0. The largest absolute Gasteiger partial charge is 0.391 e. The SMILES string of the molecule is CCN(CC)c1nc(NC)nc(NC2CCCCC2O)n1. The third kappa shape index (κ3) is 3.93. The van der Waals surface area contributed by atoms with Gasteiger partial charge in [0.05, 0.1) is 12.1 Å². The minimum atomic E-state index is -0.328. The van der Waals surface area contributed by atoms with Crippen molar-refractivity contribution in [1.29, 1.82) is 0 Å². The van der Waals surface area contributed by atoms with Crippen LogP contribution in [0.2, 0.25) is 0 Å². The van der Waals surface area contributed by atoms with Gasteiger partial charge in [-0.1, -0.05) is 12.8 Å². The zero-order valence-corrected chi connectivity index (χ0v) is 13.1. The fourth-order valence-electron chi connectivity index (χ4n) is 2.63. The Hall–Kier alpha value is -1.63. The number of nitrogens with zero attached hydrogens (tertiary/aromatic N) is 4. The highest BCUT2D eigenvalue weighted by atomic mass is 16.3. The Balaban J connectivity index is 2.19. The van der Waals surface area contributed by atoms with Gasteiger partial charge in [0.1, 0.15) is 0 Å². The van der Waals surface area contributed by atoms with Crippen LogP contribution >= 0.6 is 0 Å². The van der Waals surface area contributed by atoms with Crippen molar-refractivity contribution in [2.45, 2.75) is 51.7 Å². The summed E-state index contributed by atoms with van der Waals surface area (Å²) in [6, 6.07) is 0.0235. The zero-order valence-electron chi connectivity index (χ0n) is 13.1. The summed E-state index contributed by atoms with van der Waals surface area (Å²) in [5.74, 6) is 1.73. The Morgan fingerprint density at radius 1 is 1.10 bits per heavy atom. The van der Waals surface area contributed by atoms with Crippen LogP contribution in [0.1, 0.15) is 39.5 Å². The third-order valence-electron chi connectivity index (χ3n) is 3.94. The molecule has 7 nitrogen and oxygen atoms in total. The Bertz CT molecular complexity index is 451. The molecule has 0 saturated heterocycles. The van der Waals surface area contributed by atoms with Crippen LogP contribution in [0.3, 0.4) is 0 Å². The first-order chi connectivity index (χ1) is 10.2. The monoisotopic (exact) mass is 294 g/mol. The van der Waals surface area contributed by atoms with Gasteiger partial charge in [-0.25, -0.2) is 0 Å². The Morgan fingerprint density at radius 2 is 1.76 bits per heavy atom. The summed E-state index contributed by atoms with van der Waals surface area (Å²) in [5.41, 5.74) is 0. The number of aromatic nitrogens is 3. The van der Waals surface area contributed by atoms with Gasteiger partial charge in [0.25, 0.3) is 0 Å². The van der Waals surface area contributed by atoms with Gasteiger partial charge in [-0.05, 0) is 26.7 Å². The van der Waals surface area contributed by atoms with Gasteiger partial charge in [0.15, 0.2) is 0 Å². The first-order valence-corrected chi connectivity index (χ1v) is 7.81. The lowest BCUT2D eigenvalue weighted by atomic mass is 9.93. The zero-order chi connectivity index (χ0) is 15.2. The van der Waals surface area contributed by atoms with E-state index in [1.165, 1.54) is 0 Å². The maximum atomic E-state index is 10.1. The van der Waals surface area contributed by atoms with Gasteiger partial charge in [0.2, 0.25) is 17.8 Å². The fraction of sp³-hybridized carbons (Fsp3) is 0.786. The molecule has 7 heteroatoms. The second-order valence-corrected chi connectivity index (χ2v) is 5.31. The van der Waals surface area contributed by atoms with Gasteiger partial charge in [-0.2, -0.15) is 15.0 Å². The minimum absolute atomic E-state index is 0.0235. The molecule has 2 atom stereocenters. The standard InChI is InChI=1S/C14H26N6O/c1-4-20(5-2)14-18-12(15-3)17-13(19-14)16-10-8-6-7-9-11(10)21/h10-11,21H,4-9H2,1-3H3,(H2,15,16,17,18,19). The van der Waals surface area contributed by atoms with E-state index in [2.05, 4.69) is 44.3 Å². The molecular weight excluding hydrogens is 268 g/mol. The first kappa shape index (κ1) is 15.8. The topological polar surface area (TPSA) is 86.2 Å². The van der Waals surface area contributed by atoms with Crippen molar-refractivity contribution in [2.75, 3.05) is 35.7 Å². The predicted molar refractivity (Wildman–Crippen MR) is 84.8 cm³/mol. The Labute approximate surface area is 126 Å². The normalized spacial score (nSPS) is 21.9. The number of nitrogens with one attached hydrogen (secondary N) is 2. The van der Waals surface area contributed by atoms with E-state index in [1.54, 1.807) is 7.05 Å². The number of hydrogen-bond donors (Lipinski definition) is 3. The van der Waals surface area contributed by atoms with Gasteiger partial charge >= 0.3 is 0 Å². The van der Waals surface area contributed by atoms with Crippen LogP contribution in [0.4, 0.5) is 17.8 Å². The molecule has 1 fully saturated rings. The molecule has 1 aliphatic rings. The van der Waals surface area contributed by atoms with Crippen LogP contribution < -0.4 is 15.5 Å². The van der Waals surface area contributed by atoms with E-state index in [9.17, 15) is 5.11 Å². The molecule has 1 aromatic rings. The van der Waals surface area contributed by atoms with Crippen molar-refractivity contribution in [3.8, 4) is 0 Å². The Kier molecular flexibility index (Phi) is 5.55. The average Bonchev–Trinajstić information content (AvgIpc) is 2.50. The lowest BCUT2D eigenvalue weighted by Crippen LogP contribution is -2.37. The van der Waals surface area contributed by atoms with Crippen LogP contribution in [-0.4, -0.2) is 52.3 Å². The van der Waals surface area contributed by atoms with E-state index >= 15 is 0 Å². The summed E-state index contributed by atoms with van der Waals surface area (Å²) in [4.78, 5) is 15.3. The first-order valence-electron chi connectivity index (χ1n) is 7.81. The van der Waals surface area contributed by atoms with E-state index in [0.29, 0.717) is 17.8 Å². The van der Waals surface area contributed by atoms with Crippen molar-refractivity contribution < 1.29 is 5.11 Å². The maximum Gasteiger partial charge on any atom is 0.231 e. The summed E-state index contributed by atoms with van der Waals surface area (Å²) in [6.45, 7) is 5.83. The highest BCUT2D eigenvalue weighted by molar-refractivity contribution is 5.44. The smallest absolute Gasteiger partial charge is 0.231 e. The molecule has 0 aromatic carbocycles. The van der Waals surface area contributed by atoms with E-state index in [4.69, 9.17) is 0 Å². The summed E-state index contributed by atoms with van der Waals surface area (Å²) in [7, 11) is 1.79. The molecule has 0 spiro atoms. The molecule has 0 aliphatic heterocycles. The molecule has 0 radical (unpaired) electrons. The van der Waals surface area contributed by atoms with Crippen molar-refractivity contribution in [3.63, 3.8) is 0 Å². The summed E-state index contributed by atoms with van der Waals surface area (Å²) in [5, 5.41) is 16.3. The highest BCUT2D eigenvalue weighted by Gasteiger charge is 2.24. The number of anilines is 3. The number of hydrogen-bond acceptors (Lipinski definition) is 7. The highest BCUT2D eigenvalue weighted by Crippen LogP contribution is 2.22. The molecule has 0 amide bonds. The molecule has 21 heavy (non-hydrogen) atoms. The molecule has 3 N–H and O–H groups in total. The maximum absolute atomic E-state index is 10.1. The average molecular weight is 294 g/mol. The molecule has 1 heterocycles. The van der Waals surface area contributed by atoms with Crippen molar-refractivity contribution in [1.82, 2.24) is 15.0 Å². The molecule has 118 valence electrons. The van der Waals surface area contributed by atoms with Crippen LogP contribution in [0.15, 0.2) is 0 Å². The lowest BCUT2D eigenvalue weighted by molar-refractivity contribution is 0.116. The van der Waals surface area contributed by atoms with Crippen LogP contribution in [0.25, 0.3) is 0 Å². The van der Waals surface area contributed by atoms with Crippen LogP contribution in [0, 0.1) is 0 Å². The number of aliphatic hydroxyl groups is 1. The fourth-order valence-corrected chi connectivity index (χ4v) is 2.63. The second kappa shape index (κ2) is 7.40. The van der Waals surface area contributed by atoms with Gasteiger partial charge < -0.3 is 20.6 Å². The molecule has 2 unspecified atom stereocenters. The molecule has 1 saturated carbocycles.